The van der Waals surface area contributed by atoms with E-state index in [1.165, 1.54) is 22.3 Å². The van der Waals surface area contributed by atoms with E-state index in [0.29, 0.717) is 34.5 Å². The summed E-state index contributed by atoms with van der Waals surface area (Å²) in [7, 11) is 7.72. The molecule has 4 aromatic rings. The summed E-state index contributed by atoms with van der Waals surface area (Å²) >= 11 is 0. The van der Waals surface area contributed by atoms with E-state index in [2.05, 4.69) is 66.4 Å². The van der Waals surface area contributed by atoms with E-state index >= 15 is 0 Å². The van der Waals surface area contributed by atoms with Gasteiger partial charge in [0, 0.05) is 24.7 Å². The molecule has 2 atom stereocenters. The molecule has 8 heteroatoms. The first-order valence-corrected chi connectivity index (χ1v) is 15.2. The van der Waals surface area contributed by atoms with Gasteiger partial charge in [-0.15, -0.1) is 0 Å². The molecular weight excluding hydrogens is 556 g/mol. The molecule has 5 aliphatic rings. The van der Waals surface area contributed by atoms with Gasteiger partial charge in [0.05, 0.1) is 20.3 Å². The molecule has 0 aliphatic carbocycles. The number of benzene rings is 4. The molecule has 8 nitrogen and oxygen atoms in total. The van der Waals surface area contributed by atoms with Crippen LogP contribution in [-0.2, 0) is 19.3 Å². The van der Waals surface area contributed by atoms with Crippen LogP contribution in [0.25, 0.3) is 0 Å². The van der Waals surface area contributed by atoms with Gasteiger partial charge in [0.25, 0.3) is 0 Å². The first-order valence-electron chi connectivity index (χ1n) is 15.2. The number of nitrogens with zero attached hydrogens (tertiary/aromatic N) is 2. The maximum atomic E-state index is 6.99. The number of fused-ring (bicyclic) bond motifs is 3. The van der Waals surface area contributed by atoms with E-state index in [1.807, 2.05) is 18.2 Å². The van der Waals surface area contributed by atoms with Crippen molar-refractivity contribution in [1.82, 2.24) is 9.80 Å². The lowest BCUT2D eigenvalue weighted by Gasteiger charge is -2.37. The normalized spacial score (nSPS) is 20.3. The van der Waals surface area contributed by atoms with Crippen molar-refractivity contribution in [2.75, 3.05) is 48.2 Å². The van der Waals surface area contributed by atoms with Gasteiger partial charge in [0.15, 0.2) is 34.5 Å². The minimum absolute atomic E-state index is 0.0211. The van der Waals surface area contributed by atoms with E-state index in [-0.39, 0.29) is 18.9 Å². The molecule has 0 spiro atoms. The molecular formula is C36H36N2O6. The Morgan fingerprint density at radius 3 is 2.30 bits per heavy atom. The quantitative estimate of drug-likeness (QED) is 0.256. The minimum Gasteiger partial charge on any atom is -0.493 e. The van der Waals surface area contributed by atoms with Crippen LogP contribution in [0.2, 0.25) is 0 Å². The van der Waals surface area contributed by atoms with Crippen molar-refractivity contribution in [3.8, 4) is 46.0 Å². The van der Waals surface area contributed by atoms with Crippen LogP contribution in [-0.4, -0.2) is 58.0 Å². The minimum atomic E-state index is -0.0211. The Labute approximate surface area is 257 Å². The van der Waals surface area contributed by atoms with Gasteiger partial charge in [-0.1, -0.05) is 18.2 Å². The van der Waals surface area contributed by atoms with Gasteiger partial charge >= 0.3 is 0 Å². The van der Waals surface area contributed by atoms with Crippen LogP contribution in [0.1, 0.15) is 45.5 Å². The zero-order valence-electron chi connectivity index (χ0n) is 25.5. The molecule has 0 radical (unpaired) electrons. The number of ether oxygens (including phenoxy) is 6. The molecule has 0 unspecified atom stereocenters. The van der Waals surface area contributed by atoms with Crippen LogP contribution in [0.15, 0.2) is 60.7 Å². The van der Waals surface area contributed by atoms with Crippen molar-refractivity contribution >= 4 is 0 Å². The molecule has 0 fully saturated rings. The van der Waals surface area contributed by atoms with Crippen LogP contribution < -0.4 is 28.4 Å². The summed E-state index contributed by atoms with van der Waals surface area (Å²) in [6, 6.07) is 21.1. The summed E-state index contributed by atoms with van der Waals surface area (Å²) in [5.41, 5.74) is 7.08. The van der Waals surface area contributed by atoms with Crippen molar-refractivity contribution in [2.24, 2.45) is 0 Å². The summed E-state index contributed by atoms with van der Waals surface area (Å²) < 4.78 is 37.2. The Morgan fingerprint density at radius 2 is 1.48 bits per heavy atom. The SMILES string of the molecule is COc1ccc2cc1Oc1ccc(cc1)C[C@H]1c3c(cc4c(c3Oc3cc5c(cc3OC)CCN(C)[C@H]25)OCO4)CCN1C. The van der Waals surface area contributed by atoms with E-state index in [0.717, 1.165) is 55.0 Å². The Hall–Kier alpha value is -4.40. The lowest BCUT2D eigenvalue weighted by molar-refractivity contribution is 0.171. The molecule has 44 heavy (non-hydrogen) atoms. The van der Waals surface area contributed by atoms with Crippen molar-refractivity contribution < 1.29 is 28.4 Å². The Kier molecular flexibility index (Phi) is 6.57. The Bertz CT molecular complexity index is 1750. The van der Waals surface area contributed by atoms with Gasteiger partial charge in [-0.2, -0.15) is 0 Å². The fourth-order valence-electron chi connectivity index (χ4n) is 7.20. The third-order valence-electron chi connectivity index (χ3n) is 9.53. The van der Waals surface area contributed by atoms with Crippen LogP contribution in [0.3, 0.4) is 0 Å². The summed E-state index contributed by atoms with van der Waals surface area (Å²) in [4.78, 5) is 4.78. The summed E-state index contributed by atoms with van der Waals surface area (Å²) in [5, 5.41) is 0. The van der Waals surface area contributed by atoms with Crippen LogP contribution in [0.4, 0.5) is 0 Å². The molecule has 5 aliphatic heterocycles. The number of likely N-dealkylation sites (N-methyl/N-ethyl adjacent to an activating group) is 2. The second kappa shape index (κ2) is 10.6. The highest BCUT2D eigenvalue weighted by atomic mass is 16.7. The van der Waals surface area contributed by atoms with Crippen LogP contribution in [0, 0.1) is 0 Å². The van der Waals surface area contributed by atoms with E-state index in [9.17, 15) is 0 Å². The third-order valence-corrected chi connectivity index (χ3v) is 9.53. The molecule has 0 N–H and O–H groups in total. The highest BCUT2D eigenvalue weighted by Crippen LogP contribution is 2.53. The lowest BCUT2D eigenvalue weighted by atomic mass is 9.87. The zero-order valence-corrected chi connectivity index (χ0v) is 25.5. The highest BCUT2D eigenvalue weighted by Gasteiger charge is 2.36. The molecule has 5 heterocycles. The van der Waals surface area contributed by atoms with Gasteiger partial charge in [-0.05, 0) is 104 Å². The second-order valence-corrected chi connectivity index (χ2v) is 12.1. The fraction of sp³-hybridized carbons (Fsp3) is 0.333. The molecule has 4 aromatic carbocycles. The first kappa shape index (κ1) is 27.2. The summed E-state index contributed by atoms with van der Waals surface area (Å²) in [6.45, 7) is 2.01. The van der Waals surface area contributed by atoms with Crippen LogP contribution >= 0.6 is 0 Å². The maximum Gasteiger partial charge on any atom is 0.231 e. The van der Waals surface area contributed by atoms with E-state index in [1.54, 1.807) is 14.2 Å². The number of methoxy groups -OCH3 is 2. The van der Waals surface area contributed by atoms with Gasteiger partial charge in [0.1, 0.15) is 5.75 Å². The summed E-state index contributed by atoms with van der Waals surface area (Å²) in [5.74, 6) is 5.59. The first-order chi connectivity index (χ1) is 21.5. The standard InChI is InChI=1S/C36H36N2O6/c1-37-13-12-23-17-32-35(42-20-41-32)36-33(23)27(37)15-21-5-8-25(9-6-21)43-30-18-24(7-10-28(30)39-3)34-26-19-31(44-36)29(40-4)16-22(26)11-14-38(34)2/h5-10,16-19,27,34H,11-15,20H2,1-4H3/t27-,34+/m0/s1. The smallest absolute Gasteiger partial charge is 0.231 e. The largest absolute Gasteiger partial charge is 0.493 e. The van der Waals surface area contributed by atoms with Crippen molar-refractivity contribution in [3.63, 3.8) is 0 Å². The molecule has 0 amide bonds. The van der Waals surface area contributed by atoms with E-state index in [4.69, 9.17) is 28.4 Å². The highest BCUT2D eigenvalue weighted by molar-refractivity contribution is 5.64. The number of hydrogen-bond acceptors (Lipinski definition) is 8. The molecule has 0 saturated carbocycles. The van der Waals surface area contributed by atoms with Crippen molar-refractivity contribution in [2.45, 2.75) is 31.3 Å². The fourth-order valence-corrected chi connectivity index (χ4v) is 7.20. The predicted molar refractivity (Wildman–Crippen MR) is 166 cm³/mol. The third kappa shape index (κ3) is 4.43. The molecule has 0 aromatic heterocycles. The molecule has 6 bridgehead atoms. The van der Waals surface area contributed by atoms with Gasteiger partial charge in [0.2, 0.25) is 12.5 Å². The monoisotopic (exact) mass is 592 g/mol. The average molecular weight is 593 g/mol. The van der Waals surface area contributed by atoms with Gasteiger partial charge in [-0.25, -0.2) is 0 Å². The molecule has 0 saturated heterocycles. The van der Waals surface area contributed by atoms with Gasteiger partial charge in [-0.3, -0.25) is 9.80 Å². The van der Waals surface area contributed by atoms with Crippen molar-refractivity contribution in [1.29, 1.82) is 0 Å². The average Bonchev–Trinajstić information content (AvgIpc) is 3.51. The summed E-state index contributed by atoms with van der Waals surface area (Å²) in [6.07, 6.45) is 2.60. The van der Waals surface area contributed by atoms with Gasteiger partial charge < -0.3 is 28.4 Å². The molecule has 9 rings (SSSR count). The number of hydrogen-bond donors (Lipinski definition) is 0. The topological polar surface area (TPSA) is 61.9 Å². The van der Waals surface area contributed by atoms with E-state index < -0.39 is 0 Å². The second-order valence-electron chi connectivity index (χ2n) is 12.1. The van der Waals surface area contributed by atoms with Crippen molar-refractivity contribution in [3.05, 3.63) is 94.0 Å². The Balaban J connectivity index is 1.38. The van der Waals surface area contributed by atoms with Crippen LogP contribution in [0.5, 0.6) is 46.0 Å². The lowest BCUT2D eigenvalue weighted by Crippen LogP contribution is -2.34. The number of rotatable bonds is 2. The predicted octanol–water partition coefficient (Wildman–Crippen LogP) is 6.68. The maximum absolute atomic E-state index is 6.99. The Morgan fingerprint density at radius 1 is 0.705 bits per heavy atom. The zero-order chi connectivity index (χ0) is 29.9. The molecule has 226 valence electrons.